The average Bonchev–Trinajstić information content (AvgIpc) is 3.73. The molecule has 10 rings (SSSR count). The molecule has 0 fully saturated rings. The van der Waals surface area contributed by atoms with Gasteiger partial charge in [-0.15, -0.1) is 0 Å². The van der Waals surface area contributed by atoms with Crippen molar-refractivity contribution in [3.8, 4) is 0 Å². The molecule has 8 aromatic rings. The number of hydrogen-bond acceptors (Lipinski definition) is 6. The molecule has 2 aromatic heterocycles. The molecule has 2 N–H and O–H groups in total. The number of amidine groups is 2. The number of nitrogens with one attached hydrogen (secondary N) is 2. The molecule has 1 unspecified atom stereocenters. The molecule has 0 amide bonds. The van der Waals surface area contributed by atoms with E-state index in [0.29, 0.717) is 12.4 Å². The summed E-state index contributed by atoms with van der Waals surface area (Å²) in [5, 5.41) is 12.6. The molecule has 0 aliphatic carbocycles. The Kier molecular flexibility index (Phi) is 5.90. The van der Waals surface area contributed by atoms with E-state index in [4.69, 9.17) is 18.8 Å². The van der Waals surface area contributed by atoms with Crippen LogP contribution >= 0.6 is 0 Å². The molecule has 1 atom stereocenters. The summed E-state index contributed by atoms with van der Waals surface area (Å²) in [5.41, 5.74) is 8.97. The normalized spacial score (nSPS) is 15.9. The molecule has 228 valence electrons. The monoisotopic (exact) mass is 620 g/mol. The lowest BCUT2D eigenvalue weighted by Gasteiger charge is -2.25. The largest absolute Gasteiger partial charge is 0.459 e. The van der Waals surface area contributed by atoms with Crippen LogP contribution in [0.2, 0.25) is 0 Å². The zero-order valence-electron chi connectivity index (χ0n) is 25.8. The van der Waals surface area contributed by atoms with Crippen LogP contribution in [0.5, 0.6) is 0 Å². The van der Waals surface area contributed by atoms with Crippen molar-refractivity contribution in [2.24, 2.45) is 9.98 Å². The molecule has 0 radical (unpaired) electrons. The first-order valence-electron chi connectivity index (χ1n) is 16.2. The summed E-state index contributed by atoms with van der Waals surface area (Å²) in [4.78, 5) is 10.5. The van der Waals surface area contributed by atoms with Gasteiger partial charge >= 0.3 is 0 Å². The summed E-state index contributed by atoms with van der Waals surface area (Å²) in [6.07, 6.45) is 1.79. The molecule has 0 bridgehead atoms. The Labute approximate surface area is 275 Å². The van der Waals surface area contributed by atoms with Gasteiger partial charge < -0.3 is 19.5 Å². The lowest BCUT2D eigenvalue weighted by Crippen LogP contribution is -2.33. The molecule has 6 nitrogen and oxygen atoms in total. The summed E-state index contributed by atoms with van der Waals surface area (Å²) < 4.78 is 12.5. The molecule has 0 saturated carbocycles. The van der Waals surface area contributed by atoms with Crippen molar-refractivity contribution < 1.29 is 8.83 Å². The number of rotatable bonds is 4. The predicted octanol–water partition coefficient (Wildman–Crippen LogP) is 9.47. The third-order valence-electron chi connectivity index (χ3n) is 9.42. The molecule has 4 heterocycles. The van der Waals surface area contributed by atoms with Crippen LogP contribution < -0.4 is 10.6 Å². The van der Waals surface area contributed by atoms with Gasteiger partial charge in [0.15, 0.2) is 5.84 Å². The van der Waals surface area contributed by atoms with E-state index in [9.17, 15) is 0 Å². The Hall–Kier alpha value is -6.40. The first-order chi connectivity index (χ1) is 23.8. The Bertz CT molecular complexity index is 2660. The van der Waals surface area contributed by atoms with E-state index in [-0.39, 0.29) is 6.17 Å². The zero-order valence-corrected chi connectivity index (χ0v) is 25.8. The first-order valence-corrected chi connectivity index (χ1v) is 16.2. The van der Waals surface area contributed by atoms with Crippen LogP contribution in [0.1, 0.15) is 39.7 Å². The van der Waals surface area contributed by atoms with Crippen molar-refractivity contribution in [2.45, 2.75) is 12.7 Å². The topological polar surface area (TPSA) is 75.1 Å². The Morgan fingerprint density at radius 1 is 0.562 bits per heavy atom. The number of benzene rings is 6. The van der Waals surface area contributed by atoms with Crippen LogP contribution in [0.25, 0.3) is 49.3 Å². The van der Waals surface area contributed by atoms with E-state index in [1.165, 1.54) is 0 Å². The van der Waals surface area contributed by atoms with Crippen molar-refractivity contribution in [1.29, 1.82) is 0 Å². The number of fused-ring (bicyclic) bond motifs is 7. The van der Waals surface area contributed by atoms with Crippen molar-refractivity contribution in [2.75, 3.05) is 0 Å². The van der Waals surface area contributed by atoms with Crippen LogP contribution in [-0.4, -0.2) is 11.7 Å². The van der Waals surface area contributed by atoms with Gasteiger partial charge in [-0.3, -0.25) is 0 Å². The number of furan rings is 2. The Morgan fingerprint density at radius 2 is 1.23 bits per heavy atom. The van der Waals surface area contributed by atoms with Gasteiger partial charge in [-0.05, 0) is 40.1 Å². The maximum absolute atomic E-state index is 6.28. The summed E-state index contributed by atoms with van der Waals surface area (Å²) in [6, 6.07) is 45.8. The van der Waals surface area contributed by atoms with Crippen LogP contribution in [0.15, 0.2) is 158 Å². The molecule has 0 spiro atoms. The van der Waals surface area contributed by atoms with Gasteiger partial charge in [-0.2, -0.15) is 0 Å². The summed E-state index contributed by atoms with van der Waals surface area (Å²) in [6.45, 7) is 0.659. The van der Waals surface area contributed by atoms with Crippen molar-refractivity contribution >= 4 is 60.9 Å². The summed E-state index contributed by atoms with van der Waals surface area (Å²) in [7, 11) is 0. The molecule has 48 heavy (non-hydrogen) atoms. The Morgan fingerprint density at radius 3 is 2.06 bits per heavy atom. The predicted molar refractivity (Wildman–Crippen MR) is 193 cm³/mol. The van der Waals surface area contributed by atoms with Crippen molar-refractivity contribution in [3.05, 3.63) is 173 Å². The fourth-order valence-corrected chi connectivity index (χ4v) is 7.26. The maximum Gasteiger partial charge on any atom is 0.160 e. The molecule has 0 saturated heterocycles. The van der Waals surface area contributed by atoms with E-state index in [2.05, 4.69) is 89.6 Å². The second-order valence-corrected chi connectivity index (χ2v) is 12.2. The standard InChI is InChI=1S/C42H28N4O2/c1-2-11-25(12-3-1)40-44-41(46-42(45-40)32-17-10-20-36-38(32)30-15-6-8-18-34(30)47-36)29-22-21-28(26-13-4-5-14-27(26)29)33-23-43-24-37-39(33)31-16-7-9-19-35(31)48-37/h1-23,40,43H,24H2,(H,44,45,46). The average molecular weight is 621 g/mol. The highest BCUT2D eigenvalue weighted by molar-refractivity contribution is 6.23. The number of hydrogen-bond donors (Lipinski definition) is 2. The fraction of sp³-hybridized carbons (Fsp3) is 0.0476. The molecule has 2 aliphatic heterocycles. The lowest BCUT2D eigenvalue weighted by atomic mass is 9.89. The molecular weight excluding hydrogens is 592 g/mol. The van der Waals surface area contributed by atoms with Crippen molar-refractivity contribution in [1.82, 2.24) is 10.6 Å². The Balaban J connectivity index is 1.16. The summed E-state index contributed by atoms with van der Waals surface area (Å²) >= 11 is 0. The molecular formula is C42H28N4O2. The number of aliphatic imine (C=N–C) groups is 2. The first kappa shape index (κ1) is 26.8. The van der Waals surface area contributed by atoms with Gasteiger partial charge in [0.2, 0.25) is 0 Å². The highest BCUT2D eigenvalue weighted by atomic mass is 16.3. The minimum atomic E-state index is -0.328. The lowest BCUT2D eigenvalue weighted by molar-refractivity contribution is 0.531. The van der Waals surface area contributed by atoms with E-state index in [0.717, 1.165) is 88.7 Å². The highest BCUT2D eigenvalue weighted by Gasteiger charge is 2.27. The summed E-state index contributed by atoms with van der Waals surface area (Å²) in [5.74, 6) is 2.39. The van der Waals surface area contributed by atoms with Gasteiger partial charge in [0.05, 0.1) is 6.54 Å². The minimum absolute atomic E-state index is 0.328. The fourth-order valence-electron chi connectivity index (χ4n) is 7.26. The molecule has 6 heteroatoms. The highest BCUT2D eigenvalue weighted by Crippen LogP contribution is 2.40. The molecule has 6 aromatic carbocycles. The minimum Gasteiger partial charge on any atom is -0.459 e. The van der Waals surface area contributed by atoms with Crippen LogP contribution in [0, 0.1) is 0 Å². The van der Waals surface area contributed by atoms with Gasteiger partial charge in [0, 0.05) is 44.6 Å². The maximum atomic E-state index is 6.28. The van der Waals surface area contributed by atoms with Crippen LogP contribution in [-0.2, 0) is 6.54 Å². The van der Waals surface area contributed by atoms with E-state index in [1.54, 1.807) is 0 Å². The second kappa shape index (κ2) is 10.6. The third-order valence-corrected chi connectivity index (χ3v) is 9.42. The van der Waals surface area contributed by atoms with E-state index >= 15 is 0 Å². The number of para-hydroxylation sites is 2. The van der Waals surface area contributed by atoms with Crippen LogP contribution in [0.4, 0.5) is 0 Å². The van der Waals surface area contributed by atoms with Gasteiger partial charge in [-0.25, -0.2) is 9.98 Å². The quantitative estimate of drug-likeness (QED) is 0.206. The third kappa shape index (κ3) is 4.12. The smallest absolute Gasteiger partial charge is 0.160 e. The SMILES string of the molecule is C1=C(c2ccc(C3=NC(c4cccc5oc6ccccc6c45)=NC(c4ccccc4)N3)c3ccccc23)c2c(oc3ccccc23)CN1. The van der Waals surface area contributed by atoms with E-state index in [1.807, 2.05) is 60.7 Å². The van der Waals surface area contributed by atoms with Crippen LogP contribution in [0.3, 0.4) is 0 Å². The molecule has 2 aliphatic rings. The zero-order chi connectivity index (χ0) is 31.6. The van der Waals surface area contributed by atoms with E-state index < -0.39 is 0 Å². The van der Waals surface area contributed by atoms with Gasteiger partial charge in [0.1, 0.15) is 34.5 Å². The second-order valence-electron chi connectivity index (χ2n) is 12.2. The van der Waals surface area contributed by atoms with Gasteiger partial charge in [0.25, 0.3) is 0 Å². The van der Waals surface area contributed by atoms with Crippen molar-refractivity contribution in [3.63, 3.8) is 0 Å². The number of nitrogens with zero attached hydrogens (tertiary/aromatic N) is 2. The van der Waals surface area contributed by atoms with Gasteiger partial charge in [-0.1, -0.05) is 115 Å².